The van der Waals surface area contributed by atoms with Crippen molar-refractivity contribution in [1.82, 2.24) is 4.98 Å². The number of aromatic nitrogens is 1. The monoisotopic (exact) mass is 390 g/mol. The first-order valence-corrected chi connectivity index (χ1v) is 8.63. The van der Waals surface area contributed by atoms with Crippen molar-refractivity contribution < 1.29 is 22.4 Å². The highest BCUT2D eigenvalue weighted by Gasteiger charge is 2.44. The third-order valence-corrected chi connectivity index (χ3v) is 4.50. The smallest absolute Gasteiger partial charge is 0.324 e. The maximum absolute atomic E-state index is 13.7. The second kappa shape index (κ2) is 7.58. The topological polar surface area (TPSA) is 42.0 Å². The summed E-state index contributed by atoms with van der Waals surface area (Å²) < 4.78 is 53.2. The van der Waals surface area contributed by atoms with Gasteiger partial charge in [0.1, 0.15) is 11.3 Å². The third-order valence-electron chi connectivity index (χ3n) is 4.50. The van der Waals surface area contributed by atoms with E-state index in [1.807, 2.05) is 0 Å². The molecule has 3 rings (SSSR count). The van der Waals surface area contributed by atoms with Crippen LogP contribution in [0.25, 0.3) is 10.9 Å². The van der Waals surface area contributed by atoms with Crippen molar-refractivity contribution in [2.24, 2.45) is 5.41 Å². The highest BCUT2D eigenvalue weighted by atomic mass is 19.4. The number of carbonyl (C=O) groups is 1. The zero-order valence-electron chi connectivity index (χ0n) is 15.1. The van der Waals surface area contributed by atoms with E-state index in [0.717, 1.165) is 0 Å². The minimum Gasteiger partial charge on any atom is -0.324 e. The maximum Gasteiger partial charge on any atom is 0.390 e. The molecule has 0 fully saturated rings. The molecule has 2 aromatic carbocycles. The molecule has 1 atom stereocenters. The number of hydrogen-bond donors (Lipinski definition) is 1. The molecule has 3 aromatic rings. The number of para-hydroxylation sites is 1. The highest BCUT2D eigenvalue weighted by Crippen LogP contribution is 2.37. The first-order valence-electron chi connectivity index (χ1n) is 8.63. The average molecular weight is 390 g/mol. The number of rotatable bonds is 5. The summed E-state index contributed by atoms with van der Waals surface area (Å²) in [5.41, 5.74) is -0.744. The van der Waals surface area contributed by atoms with Crippen molar-refractivity contribution in [2.45, 2.75) is 25.9 Å². The molecule has 0 spiro atoms. The standard InChI is InChI=1S/C21H18F4N2O/c1-20(13-21(23,24)25,11-14-6-3-2-4-7-14)19(28)27-16-10-15-8-5-9-17(22)18(15)26-12-16/h2-10,12H,11,13H2,1H3,(H,27,28)/t20-/m0/s1. The molecule has 28 heavy (non-hydrogen) atoms. The predicted octanol–water partition coefficient (Wildman–Crippen LogP) is 5.51. The predicted molar refractivity (Wildman–Crippen MR) is 99.3 cm³/mol. The Labute approximate surface area is 159 Å². The first-order chi connectivity index (χ1) is 13.2. The number of amides is 1. The van der Waals surface area contributed by atoms with Gasteiger partial charge in [0, 0.05) is 5.39 Å². The molecule has 0 aliphatic rings. The molecule has 0 aliphatic heterocycles. The van der Waals surface area contributed by atoms with E-state index in [9.17, 15) is 22.4 Å². The van der Waals surface area contributed by atoms with Crippen LogP contribution in [0, 0.1) is 11.2 Å². The van der Waals surface area contributed by atoms with Gasteiger partial charge in [-0.2, -0.15) is 13.2 Å². The Kier molecular flexibility index (Phi) is 5.36. The summed E-state index contributed by atoms with van der Waals surface area (Å²) in [6.45, 7) is 1.29. The van der Waals surface area contributed by atoms with Gasteiger partial charge in [-0.15, -0.1) is 0 Å². The molecule has 0 bridgehead atoms. The largest absolute Gasteiger partial charge is 0.390 e. The third kappa shape index (κ3) is 4.65. The van der Waals surface area contributed by atoms with Crippen LogP contribution >= 0.6 is 0 Å². The molecule has 1 aromatic heterocycles. The minimum absolute atomic E-state index is 0.0746. The van der Waals surface area contributed by atoms with E-state index in [0.29, 0.717) is 10.9 Å². The van der Waals surface area contributed by atoms with Crippen LogP contribution in [0.2, 0.25) is 0 Å². The van der Waals surface area contributed by atoms with E-state index < -0.39 is 29.7 Å². The van der Waals surface area contributed by atoms with Crippen LogP contribution in [0.4, 0.5) is 23.2 Å². The summed E-state index contributed by atoms with van der Waals surface area (Å²) in [5.74, 6) is -1.28. The number of nitrogens with zero attached hydrogens (tertiary/aromatic N) is 1. The molecule has 146 valence electrons. The Balaban J connectivity index is 1.88. The summed E-state index contributed by atoms with van der Waals surface area (Å²) in [7, 11) is 0. The normalized spacial score (nSPS) is 13.9. The van der Waals surface area contributed by atoms with Crippen LogP contribution in [0.5, 0.6) is 0 Å². The van der Waals surface area contributed by atoms with Crippen LogP contribution in [0.1, 0.15) is 18.9 Å². The van der Waals surface area contributed by atoms with Gasteiger partial charge in [-0.05, 0) is 24.1 Å². The summed E-state index contributed by atoms with van der Waals surface area (Å²) in [6, 6.07) is 14.4. The summed E-state index contributed by atoms with van der Waals surface area (Å²) >= 11 is 0. The van der Waals surface area contributed by atoms with Gasteiger partial charge in [0.25, 0.3) is 0 Å². The van der Waals surface area contributed by atoms with Gasteiger partial charge >= 0.3 is 6.18 Å². The first kappa shape index (κ1) is 19.8. The lowest BCUT2D eigenvalue weighted by Crippen LogP contribution is -2.39. The molecule has 7 heteroatoms. The molecule has 3 nitrogen and oxygen atoms in total. The van der Waals surface area contributed by atoms with Crippen molar-refractivity contribution in [3.8, 4) is 0 Å². The summed E-state index contributed by atoms with van der Waals surface area (Å²) in [5, 5.41) is 2.96. The van der Waals surface area contributed by atoms with Crippen molar-refractivity contribution in [3.63, 3.8) is 0 Å². The number of hydrogen-bond acceptors (Lipinski definition) is 2. The lowest BCUT2D eigenvalue weighted by atomic mass is 9.79. The number of pyridine rings is 1. The Bertz CT molecular complexity index is 989. The number of anilines is 1. The molecule has 1 N–H and O–H groups in total. The van der Waals surface area contributed by atoms with Crippen LogP contribution in [0.15, 0.2) is 60.8 Å². The molecule has 0 unspecified atom stereocenters. The molecule has 0 radical (unpaired) electrons. The van der Waals surface area contributed by atoms with Gasteiger partial charge in [-0.25, -0.2) is 4.39 Å². The quantitative estimate of drug-likeness (QED) is 0.584. The highest BCUT2D eigenvalue weighted by molar-refractivity contribution is 5.96. The van der Waals surface area contributed by atoms with Crippen LogP contribution in [-0.4, -0.2) is 17.1 Å². The fraction of sp³-hybridized carbons (Fsp3) is 0.238. The van der Waals surface area contributed by atoms with E-state index in [4.69, 9.17) is 0 Å². The minimum atomic E-state index is -4.51. The molecular formula is C21H18F4N2O. The second-order valence-electron chi connectivity index (χ2n) is 7.00. The lowest BCUT2D eigenvalue weighted by Gasteiger charge is -2.29. The van der Waals surface area contributed by atoms with E-state index >= 15 is 0 Å². The molecular weight excluding hydrogens is 372 g/mol. The zero-order chi connectivity index (χ0) is 20.4. The van der Waals surface area contributed by atoms with Crippen molar-refractivity contribution >= 4 is 22.5 Å². The summed E-state index contributed by atoms with van der Waals surface area (Å²) in [6.07, 6.45) is -4.61. The maximum atomic E-state index is 13.7. The number of nitrogens with one attached hydrogen (secondary N) is 1. The molecule has 1 amide bonds. The number of fused-ring (bicyclic) bond motifs is 1. The summed E-state index contributed by atoms with van der Waals surface area (Å²) in [4.78, 5) is 16.8. The fourth-order valence-electron chi connectivity index (χ4n) is 3.19. The van der Waals surface area contributed by atoms with Crippen LogP contribution in [0.3, 0.4) is 0 Å². The Morgan fingerprint density at radius 1 is 1.07 bits per heavy atom. The van der Waals surface area contributed by atoms with Crippen molar-refractivity contribution in [3.05, 3.63) is 72.2 Å². The van der Waals surface area contributed by atoms with Crippen LogP contribution in [-0.2, 0) is 11.2 Å². The molecule has 0 saturated heterocycles. The van der Waals surface area contributed by atoms with E-state index in [1.165, 1.54) is 31.3 Å². The number of alkyl halides is 3. The van der Waals surface area contributed by atoms with E-state index in [-0.39, 0.29) is 17.6 Å². The van der Waals surface area contributed by atoms with Gasteiger partial charge in [0.05, 0.1) is 23.7 Å². The van der Waals surface area contributed by atoms with E-state index in [2.05, 4.69) is 10.3 Å². The number of benzene rings is 2. The Hall–Kier alpha value is -2.96. The van der Waals surface area contributed by atoms with Gasteiger partial charge in [-0.1, -0.05) is 49.4 Å². The Morgan fingerprint density at radius 3 is 2.46 bits per heavy atom. The van der Waals surface area contributed by atoms with E-state index in [1.54, 1.807) is 36.4 Å². The number of carbonyl (C=O) groups excluding carboxylic acids is 1. The molecule has 0 saturated carbocycles. The van der Waals surface area contributed by atoms with Gasteiger partial charge in [0.15, 0.2) is 0 Å². The zero-order valence-corrected chi connectivity index (χ0v) is 15.1. The van der Waals surface area contributed by atoms with Gasteiger partial charge in [-0.3, -0.25) is 9.78 Å². The van der Waals surface area contributed by atoms with Crippen molar-refractivity contribution in [2.75, 3.05) is 5.32 Å². The average Bonchev–Trinajstić information content (AvgIpc) is 2.61. The molecule has 1 heterocycles. The van der Waals surface area contributed by atoms with Crippen molar-refractivity contribution in [1.29, 1.82) is 0 Å². The Morgan fingerprint density at radius 2 is 1.79 bits per heavy atom. The van der Waals surface area contributed by atoms with Gasteiger partial charge in [0.2, 0.25) is 5.91 Å². The number of halogens is 4. The molecule has 0 aliphatic carbocycles. The fourth-order valence-corrected chi connectivity index (χ4v) is 3.19. The van der Waals surface area contributed by atoms with Gasteiger partial charge < -0.3 is 5.32 Å². The SMILES string of the molecule is C[C@](Cc1ccccc1)(CC(F)(F)F)C(=O)Nc1cnc2c(F)cccc2c1. The second-order valence-corrected chi connectivity index (χ2v) is 7.00. The van der Waals surface area contributed by atoms with Crippen LogP contribution < -0.4 is 5.32 Å². The lowest BCUT2D eigenvalue weighted by molar-refractivity contribution is -0.164.